The fourth-order valence-corrected chi connectivity index (χ4v) is 4.98. The number of fused-ring (bicyclic) bond motifs is 3. The second-order valence-electron chi connectivity index (χ2n) is 9.43. The average Bonchev–Trinajstić information content (AvgIpc) is 3.67. The van der Waals surface area contributed by atoms with Gasteiger partial charge in [0.05, 0.1) is 12.2 Å². The Morgan fingerprint density at radius 2 is 1.90 bits per heavy atom. The lowest BCUT2D eigenvalue weighted by atomic mass is 9.97. The molecule has 2 aliphatic heterocycles. The Hall–Kier alpha value is -5.32. The van der Waals surface area contributed by atoms with E-state index in [4.69, 9.17) is 29.8 Å². The second kappa shape index (κ2) is 10.7. The van der Waals surface area contributed by atoms with Crippen molar-refractivity contribution in [3.05, 3.63) is 102 Å². The highest BCUT2D eigenvalue weighted by Gasteiger charge is 2.51. The first-order valence-corrected chi connectivity index (χ1v) is 13.1. The van der Waals surface area contributed by atoms with Gasteiger partial charge in [-0.05, 0) is 36.8 Å². The Morgan fingerprint density at radius 3 is 2.66 bits per heavy atom. The number of carbonyl (C=O) groups excluding carboxylic acids is 2. The van der Waals surface area contributed by atoms with Crippen molar-refractivity contribution in [1.82, 2.24) is 20.1 Å². The van der Waals surface area contributed by atoms with Crippen molar-refractivity contribution >= 4 is 11.8 Å². The van der Waals surface area contributed by atoms with Gasteiger partial charge < -0.3 is 30.0 Å². The molecule has 0 spiro atoms. The van der Waals surface area contributed by atoms with Gasteiger partial charge in [0.2, 0.25) is 0 Å². The molecular formula is C30H27N5O6. The lowest BCUT2D eigenvalue weighted by molar-refractivity contribution is -0.182. The number of hydrogen-bond acceptors (Lipinski definition) is 8. The summed E-state index contributed by atoms with van der Waals surface area (Å²) in [5, 5.41) is 7.68. The van der Waals surface area contributed by atoms with Gasteiger partial charge in [-0.25, -0.2) is 9.67 Å². The SMILES string of the molecule is CCOc1cccc2c1OCc1cn(-c3ncccc3C(=O)NC(Cc3ccccc3)C3(C(N)=O)OC=CO3)nc1-2. The van der Waals surface area contributed by atoms with Gasteiger partial charge in [0.1, 0.15) is 30.9 Å². The molecule has 4 heterocycles. The quantitative estimate of drug-likeness (QED) is 0.322. The zero-order valence-electron chi connectivity index (χ0n) is 22.2. The van der Waals surface area contributed by atoms with Crippen molar-refractivity contribution in [3.63, 3.8) is 0 Å². The van der Waals surface area contributed by atoms with E-state index in [0.29, 0.717) is 29.6 Å². The van der Waals surface area contributed by atoms with Crippen LogP contribution in [0.2, 0.25) is 0 Å². The number of primary amides is 1. The third kappa shape index (κ3) is 4.71. The summed E-state index contributed by atoms with van der Waals surface area (Å²) in [6.07, 6.45) is 6.03. The van der Waals surface area contributed by atoms with Crippen molar-refractivity contribution < 1.29 is 28.5 Å². The van der Waals surface area contributed by atoms with Crippen LogP contribution in [-0.2, 0) is 27.3 Å². The van der Waals surface area contributed by atoms with Crippen molar-refractivity contribution in [2.24, 2.45) is 5.73 Å². The van der Waals surface area contributed by atoms with Crippen LogP contribution in [0.3, 0.4) is 0 Å². The molecule has 1 atom stereocenters. The highest BCUT2D eigenvalue weighted by Crippen LogP contribution is 2.43. The van der Waals surface area contributed by atoms with E-state index in [2.05, 4.69) is 10.3 Å². The summed E-state index contributed by atoms with van der Waals surface area (Å²) in [5.74, 6) is -1.76. The standard InChI is InChI=1S/C30H27N5O6/c1-2-38-23-12-6-10-21-25-20(18-39-26(21)23)17-35(34-25)27-22(11-7-13-32-27)28(36)33-24(16-19-8-4-3-5-9-19)30(29(31)37)40-14-15-41-30/h3-15,17,24H,2,16,18H2,1H3,(H2,31,37)(H,33,36). The topological polar surface area (TPSA) is 140 Å². The van der Waals surface area contributed by atoms with Crippen molar-refractivity contribution in [2.75, 3.05) is 6.61 Å². The molecule has 4 aromatic rings. The van der Waals surface area contributed by atoms with E-state index in [1.807, 2.05) is 55.5 Å². The van der Waals surface area contributed by atoms with Crippen LogP contribution < -0.4 is 20.5 Å². The zero-order chi connectivity index (χ0) is 28.4. The summed E-state index contributed by atoms with van der Waals surface area (Å²) < 4.78 is 24.4. The Bertz CT molecular complexity index is 1630. The van der Waals surface area contributed by atoms with Gasteiger partial charge in [-0.3, -0.25) is 9.59 Å². The molecule has 0 saturated carbocycles. The molecule has 6 rings (SSSR count). The average molecular weight is 554 g/mol. The molecule has 41 heavy (non-hydrogen) atoms. The first-order chi connectivity index (χ1) is 20.0. The van der Waals surface area contributed by atoms with Crippen molar-refractivity contribution in [3.8, 4) is 28.6 Å². The first kappa shape index (κ1) is 25.9. The maximum atomic E-state index is 13.8. The molecule has 208 valence electrons. The van der Waals surface area contributed by atoms with Gasteiger partial charge in [-0.2, -0.15) is 5.10 Å². The third-order valence-electron chi connectivity index (χ3n) is 6.88. The largest absolute Gasteiger partial charge is 0.490 e. The molecule has 1 unspecified atom stereocenters. The summed E-state index contributed by atoms with van der Waals surface area (Å²) in [7, 11) is 0. The molecule has 11 nitrogen and oxygen atoms in total. The van der Waals surface area contributed by atoms with Gasteiger partial charge in [0.25, 0.3) is 5.91 Å². The minimum Gasteiger partial charge on any atom is -0.490 e. The summed E-state index contributed by atoms with van der Waals surface area (Å²) in [4.78, 5) is 30.8. The van der Waals surface area contributed by atoms with Crippen LogP contribution in [0.25, 0.3) is 17.1 Å². The van der Waals surface area contributed by atoms with Gasteiger partial charge in [0, 0.05) is 29.9 Å². The monoisotopic (exact) mass is 553 g/mol. The number of nitrogens with two attached hydrogens (primary N) is 1. The number of nitrogens with zero attached hydrogens (tertiary/aromatic N) is 3. The first-order valence-electron chi connectivity index (χ1n) is 13.1. The molecule has 0 radical (unpaired) electrons. The Kier molecular flexibility index (Phi) is 6.76. The molecule has 0 fully saturated rings. The smallest absolute Gasteiger partial charge is 0.352 e. The minimum absolute atomic E-state index is 0.207. The lowest BCUT2D eigenvalue weighted by Gasteiger charge is -2.33. The predicted molar refractivity (Wildman–Crippen MR) is 147 cm³/mol. The highest BCUT2D eigenvalue weighted by molar-refractivity contribution is 5.98. The van der Waals surface area contributed by atoms with E-state index in [-0.39, 0.29) is 18.6 Å². The Balaban J connectivity index is 1.34. The fourth-order valence-electron chi connectivity index (χ4n) is 4.98. The van der Waals surface area contributed by atoms with E-state index in [0.717, 1.165) is 16.7 Å². The number of pyridine rings is 1. The molecule has 2 aromatic heterocycles. The summed E-state index contributed by atoms with van der Waals surface area (Å²) >= 11 is 0. The van der Waals surface area contributed by atoms with E-state index < -0.39 is 23.6 Å². The van der Waals surface area contributed by atoms with Crippen LogP contribution >= 0.6 is 0 Å². The normalized spacial score (nSPS) is 15.0. The maximum absolute atomic E-state index is 13.8. The second-order valence-corrected chi connectivity index (χ2v) is 9.43. The van der Waals surface area contributed by atoms with E-state index in [9.17, 15) is 9.59 Å². The Morgan fingerprint density at radius 1 is 1.10 bits per heavy atom. The van der Waals surface area contributed by atoms with Gasteiger partial charge in [0.15, 0.2) is 17.3 Å². The molecule has 2 amide bonds. The molecule has 0 aliphatic carbocycles. The molecule has 11 heteroatoms. The highest BCUT2D eigenvalue weighted by atomic mass is 16.7. The van der Waals surface area contributed by atoms with Gasteiger partial charge in [-0.1, -0.05) is 36.4 Å². The molecular weight excluding hydrogens is 526 g/mol. The molecule has 0 bridgehead atoms. The number of nitrogens with one attached hydrogen (secondary N) is 1. The van der Waals surface area contributed by atoms with E-state index >= 15 is 0 Å². The van der Waals surface area contributed by atoms with Gasteiger partial charge >= 0.3 is 11.7 Å². The Labute approximate surface area is 235 Å². The van der Waals surface area contributed by atoms with Crippen LogP contribution in [-0.4, -0.2) is 45.0 Å². The molecule has 0 saturated heterocycles. The van der Waals surface area contributed by atoms with Gasteiger partial charge in [-0.15, -0.1) is 0 Å². The maximum Gasteiger partial charge on any atom is 0.352 e. The van der Waals surface area contributed by atoms with Crippen LogP contribution in [0, 0.1) is 0 Å². The van der Waals surface area contributed by atoms with Crippen LogP contribution in [0.5, 0.6) is 11.5 Å². The number of hydrogen-bond donors (Lipinski definition) is 2. The summed E-state index contributed by atoms with van der Waals surface area (Å²) in [6, 6.07) is 17.3. The number of amides is 2. The number of para-hydroxylation sites is 1. The molecule has 3 N–H and O–H groups in total. The summed E-state index contributed by atoms with van der Waals surface area (Å²) in [5.41, 5.74) is 9.10. The number of ether oxygens (including phenoxy) is 4. The van der Waals surface area contributed by atoms with E-state index in [1.54, 1.807) is 29.2 Å². The number of aromatic nitrogens is 3. The number of carbonyl (C=O) groups is 2. The third-order valence-corrected chi connectivity index (χ3v) is 6.88. The van der Waals surface area contributed by atoms with Crippen molar-refractivity contribution in [2.45, 2.75) is 31.8 Å². The zero-order valence-corrected chi connectivity index (χ0v) is 22.2. The molecule has 2 aliphatic rings. The summed E-state index contributed by atoms with van der Waals surface area (Å²) in [6.45, 7) is 2.69. The fraction of sp³-hybridized carbons (Fsp3) is 0.200. The number of benzene rings is 2. The minimum atomic E-state index is -1.92. The lowest BCUT2D eigenvalue weighted by Crippen LogP contribution is -2.61. The van der Waals surface area contributed by atoms with Crippen LogP contribution in [0.4, 0.5) is 0 Å². The van der Waals surface area contributed by atoms with Crippen LogP contribution in [0.15, 0.2) is 85.6 Å². The van der Waals surface area contributed by atoms with Crippen molar-refractivity contribution in [1.29, 1.82) is 0 Å². The number of rotatable bonds is 9. The van der Waals surface area contributed by atoms with Crippen LogP contribution in [0.1, 0.15) is 28.4 Å². The molecule has 2 aromatic carbocycles. The van der Waals surface area contributed by atoms with E-state index in [1.165, 1.54) is 12.5 Å². The predicted octanol–water partition coefficient (Wildman–Crippen LogP) is 3.27.